The first-order valence-electron chi connectivity index (χ1n) is 6.33. The van der Waals surface area contributed by atoms with Crippen molar-refractivity contribution in [1.29, 1.82) is 0 Å². The third-order valence-electron chi connectivity index (χ3n) is 3.23. The highest BCUT2D eigenvalue weighted by Crippen LogP contribution is 2.22. The fraction of sp³-hybridized carbons (Fsp3) is 0. The van der Waals surface area contributed by atoms with E-state index in [0.717, 1.165) is 33.3 Å². The molecule has 0 spiro atoms. The summed E-state index contributed by atoms with van der Waals surface area (Å²) < 4.78 is 0. The number of hydrogen-bond acceptors (Lipinski definition) is 4. The molecule has 4 nitrogen and oxygen atoms in total. The number of hydrogen-bond donors (Lipinski definition) is 0. The van der Waals surface area contributed by atoms with Crippen LogP contribution in [-0.2, 0) is 0 Å². The number of rotatable bonds is 1. The van der Waals surface area contributed by atoms with E-state index in [-0.39, 0.29) is 0 Å². The van der Waals surface area contributed by atoms with Crippen LogP contribution in [0.3, 0.4) is 0 Å². The molecule has 0 saturated carbocycles. The van der Waals surface area contributed by atoms with Crippen LogP contribution in [0.15, 0.2) is 61.1 Å². The van der Waals surface area contributed by atoms with E-state index in [1.807, 2.05) is 42.5 Å². The summed E-state index contributed by atoms with van der Waals surface area (Å²) in [6.45, 7) is 0. The van der Waals surface area contributed by atoms with E-state index >= 15 is 0 Å². The molecular formula is C16H10N4. The predicted octanol–water partition coefficient (Wildman–Crippen LogP) is 3.24. The Kier molecular flexibility index (Phi) is 2.39. The topological polar surface area (TPSA) is 51.6 Å². The van der Waals surface area contributed by atoms with Gasteiger partial charge in [-0.1, -0.05) is 6.07 Å². The molecule has 0 aliphatic carbocycles. The minimum absolute atomic E-state index is 0.754. The van der Waals surface area contributed by atoms with Gasteiger partial charge in [0.1, 0.15) is 0 Å². The van der Waals surface area contributed by atoms with Gasteiger partial charge in [-0.05, 0) is 36.4 Å². The normalized spacial score (nSPS) is 11.0. The molecule has 3 aromatic heterocycles. The van der Waals surface area contributed by atoms with Gasteiger partial charge in [0.15, 0.2) is 5.65 Å². The highest BCUT2D eigenvalue weighted by Gasteiger charge is 2.04. The van der Waals surface area contributed by atoms with Crippen LogP contribution in [0.4, 0.5) is 0 Å². The van der Waals surface area contributed by atoms with Crippen molar-refractivity contribution in [2.75, 3.05) is 0 Å². The fourth-order valence-corrected chi connectivity index (χ4v) is 2.24. The molecule has 94 valence electrons. The van der Waals surface area contributed by atoms with Crippen molar-refractivity contribution in [2.24, 2.45) is 0 Å². The quantitative estimate of drug-likeness (QED) is 0.526. The summed E-state index contributed by atoms with van der Waals surface area (Å²) in [7, 11) is 0. The van der Waals surface area contributed by atoms with Gasteiger partial charge < -0.3 is 0 Å². The molecule has 1 aromatic carbocycles. The molecule has 0 amide bonds. The molecule has 0 N–H and O–H groups in total. The predicted molar refractivity (Wildman–Crippen MR) is 78.1 cm³/mol. The monoisotopic (exact) mass is 258 g/mol. The SMILES string of the molecule is c1cnc2nc(-c3ccc4nccnc4c3)ccc2c1. The second-order valence-corrected chi connectivity index (χ2v) is 4.51. The summed E-state index contributed by atoms with van der Waals surface area (Å²) in [6.07, 6.45) is 5.15. The Labute approximate surface area is 115 Å². The highest BCUT2D eigenvalue weighted by molar-refractivity contribution is 5.82. The van der Waals surface area contributed by atoms with Gasteiger partial charge in [-0.25, -0.2) is 9.97 Å². The van der Waals surface area contributed by atoms with Crippen LogP contribution in [0.25, 0.3) is 33.3 Å². The van der Waals surface area contributed by atoms with E-state index in [4.69, 9.17) is 0 Å². The molecule has 0 fully saturated rings. The Bertz CT molecular complexity index is 841. The second-order valence-electron chi connectivity index (χ2n) is 4.51. The Morgan fingerprint density at radius 1 is 0.700 bits per heavy atom. The second kappa shape index (κ2) is 4.35. The van der Waals surface area contributed by atoms with E-state index in [9.17, 15) is 0 Å². The zero-order chi connectivity index (χ0) is 13.4. The zero-order valence-corrected chi connectivity index (χ0v) is 10.6. The molecule has 4 heteroatoms. The minimum Gasteiger partial charge on any atom is -0.253 e. The van der Waals surface area contributed by atoms with Crippen LogP contribution >= 0.6 is 0 Å². The summed E-state index contributed by atoms with van der Waals surface area (Å²) in [5.41, 5.74) is 4.42. The van der Waals surface area contributed by atoms with Gasteiger partial charge in [0.2, 0.25) is 0 Å². The maximum Gasteiger partial charge on any atom is 0.159 e. The largest absolute Gasteiger partial charge is 0.253 e. The molecule has 0 bridgehead atoms. The van der Waals surface area contributed by atoms with Crippen LogP contribution in [0, 0.1) is 0 Å². The lowest BCUT2D eigenvalue weighted by Gasteiger charge is -2.03. The van der Waals surface area contributed by atoms with Gasteiger partial charge in [0.05, 0.1) is 16.7 Å². The van der Waals surface area contributed by atoms with Crippen LogP contribution in [-0.4, -0.2) is 19.9 Å². The van der Waals surface area contributed by atoms with Crippen LogP contribution in [0.5, 0.6) is 0 Å². The Hall–Kier alpha value is -2.88. The van der Waals surface area contributed by atoms with Crippen molar-refractivity contribution in [3.63, 3.8) is 0 Å². The molecule has 4 aromatic rings. The third-order valence-corrected chi connectivity index (χ3v) is 3.23. The summed E-state index contributed by atoms with van der Waals surface area (Å²) in [5.74, 6) is 0. The maximum absolute atomic E-state index is 4.59. The standard InChI is InChI=1S/C16H10N4/c1-2-11-3-5-13(20-16(11)19-7-1)12-4-6-14-15(10-12)18-9-8-17-14/h1-10H. The molecule has 0 saturated heterocycles. The van der Waals surface area contributed by atoms with Gasteiger partial charge in [0.25, 0.3) is 0 Å². The molecule has 3 heterocycles. The molecule has 0 aliphatic rings. The van der Waals surface area contributed by atoms with Gasteiger partial charge in [0, 0.05) is 29.5 Å². The van der Waals surface area contributed by atoms with Crippen molar-refractivity contribution in [3.8, 4) is 11.3 Å². The van der Waals surface area contributed by atoms with Gasteiger partial charge in [-0.2, -0.15) is 0 Å². The summed E-state index contributed by atoms with van der Waals surface area (Å²) >= 11 is 0. The van der Waals surface area contributed by atoms with Crippen molar-refractivity contribution in [1.82, 2.24) is 19.9 Å². The van der Waals surface area contributed by atoms with Crippen molar-refractivity contribution in [2.45, 2.75) is 0 Å². The number of fused-ring (bicyclic) bond motifs is 2. The van der Waals surface area contributed by atoms with Crippen LogP contribution < -0.4 is 0 Å². The molecule has 0 unspecified atom stereocenters. The van der Waals surface area contributed by atoms with Crippen LogP contribution in [0.2, 0.25) is 0 Å². The molecule has 0 atom stereocenters. The van der Waals surface area contributed by atoms with E-state index in [1.165, 1.54) is 0 Å². The highest BCUT2D eigenvalue weighted by atomic mass is 14.8. The summed E-state index contributed by atoms with van der Waals surface area (Å²) in [5, 5.41) is 1.04. The van der Waals surface area contributed by atoms with E-state index in [0.29, 0.717) is 0 Å². The number of nitrogens with zero attached hydrogens (tertiary/aromatic N) is 4. The molecule has 0 aliphatic heterocycles. The van der Waals surface area contributed by atoms with Gasteiger partial charge >= 0.3 is 0 Å². The first-order valence-corrected chi connectivity index (χ1v) is 6.33. The molecular weight excluding hydrogens is 248 g/mol. The van der Waals surface area contributed by atoms with Gasteiger partial charge in [-0.3, -0.25) is 9.97 Å². The summed E-state index contributed by atoms with van der Waals surface area (Å²) in [6, 6.07) is 13.9. The first kappa shape index (κ1) is 11.0. The van der Waals surface area contributed by atoms with Crippen molar-refractivity contribution < 1.29 is 0 Å². The lowest BCUT2D eigenvalue weighted by atomic mass is 10.1. The number of aromatic nitrogens is 4. The third kappa shape index (κ3) is 1.78. The average Bonchev–Trinajstić information content (AvgIpc) is 2.54. The minimum atomic E-state index is 0.754. The van der Waals surface area contributed by atoms with Crippen LogP contribution in [0.1, 0.15) is 0 Å². The molecule has 0 radical (unpaired) electrons. The van der Waals surface area contributed by atoms with Crippen molar-refractivity contribution in [3.05, 3.63) is 61.1 Å². The fourth-order valence-electron chi connectivity index (χ4n) is 2.24. The first-order chi connectivity index (χ1) is 9.90. The number of benzene rings is 1. The lowest BCUT2D eigenvalue weighted by molar-refractivity contribution is 1.28. The molecule has 4 rings (SSSR count). The Morgan fingerprint density at radius 3 is 2.55 bits per heavy atom. The van der Waals surface area contributed by atoms with Gasteiger partial charge in [-0.15, -0.1) is 0 Å². The molecule has 20 heavy (non-hydrogen) atoms. The van der Waals surface area contributed by atoms with Crippen molar-refractivity contribution >= 4 is 22.1 Å². The number of pyridine rings is 2. The maximum atomic E-state index is 4.59. The average molecular weight is 258 g/mol. The Morgan fingerprint density at radius 2 is 1.60 bits per heavy atom. The Balaban J connectivity index is 1.91. The van der Waals surface area contributed by atoms with E-state index < -0.39 is 0 Å². The lowest BCUT2D eigenvalue weighted by Crippen LogP contribution is -1.89. The van der Waals surface area contributed by atoms with E-state index in [1.54, 1.807) is 18.6 Å². The smallest absolute Gasteiger partial charge is 0.159 e. The summed E-state index contributed by atoms with van der Waals surface area (Å²) in [4.78, 5) is 17.5. The van der Waals surface area contributed by atoms with E-state index in [2.05, 4.69) is 19.9 Å². The zero-order valence-electron chi connectivity index (χ0n) is 10.6.